The molecule has 134 valence electrons. The maximum Gasteiger partial charge on any atom is 0.264 e. The molecular weight excluding hydrogens is 347 g/mol. The molecule has 0 fully saturated rings. The fourth-order valence-electron chi connectivity index (χ4n) is 2.07. The zero-order valence-electron chi connectivity index (χ0n) is 13.9. The molecule has 2 rings (SSSR count). The van der Waals surface area contributed by atoms with Gasteiger partial charge in [-0.1, -0.05) is 12.1 Å². The van der Waals surface area contributed by atoms with Crippen LogP contribution in [-0.2, 0) is 14.8 Å². The van der Waals surface area contributed by atoms with Gasteiger partial charge < -0.3 is 10.1 Å². The highest BCUT2D eigenvalue weighted by atomic mass is 32.2. The number of nitrogens with one attached hydrogen (secondary N) is 2. The third-order valence-corrected chi connectivity index (χ3v) is 4.60. The molecule has 0 saturated carbocycles. The van der Waals surface area contributed by atoms with Gasteiger partial charge in [0.15, 0.2) is 6.61 Å². The summed E-state index contributed by atoms with van der Waals surface area (Å²) in [5.74, 6) is -0.798. The number of ether oxygens (including phenoxy) is 1. The molecule has 0 aliphatic heterocycles. The van der Waals surface area contributed by atoms with E-state index in [-0.39, 0.29) is 18.2 Å². The predicted octanol–water partition coefficient (Wildman–Crippen LogP) is 2.45. The summed E-state index contributed by atoms with van der Waals surface area (Å²) in [7, 11) is -4.08. The Labute approximate surface area is 146 Å². The quantitative estimate of drug-likeness (QED) is 0.788. The van der Waals surface area contributed by atoms with E-state index < -0.39 is 20.7 Å². The van der Waals surface area contributed by atoms with Crippen LogP contribution in [0.5, 0.6) is 5.75 Å². The van der Waals surface area contributed by atoms with Crippen LogP contribution in [0.2, 0.25) is 0 Å². The lowest BCUT2D eigenvalue weighted by atomic mass is 10.2. The largest absolute Gasteiger partial charge is 0.484 e. The van der Waals surface area contributed by atoms with Crippen LogP contribution in [0.3, 0.4) is 0 Å². The second-order valence-electron chi connectivity index (χ2n) is 5.31. The zero-order chi connectivity index (χ0) is 18.4. The molecule has 0 radical (unpaired) electrons. The van der Waals surface area contributed by atoms with Crippen LogP contribution in [0.25, 0.3) is 0 Å². The lowest BCUT2D eigenvalue weighted by Crippen LogP contribution is -2.28. The van der Waals surface area contributed by atoms with Crippen LogP contribution in [-0.4, -0.2) is 27.5 Å². The molecule has 0 unspecified atom stereocenters. The minimum absolute atomic E-state index is 0.184. The van der Waals surface area contributed by atoms with Crippen molar-refractivity contribution >= 4 is 21.6 Å². The number of halogens is 1. The van der Waals surface area contributed by atoms with Crippen LogP contribution in [0, 0.1) is 12.7 Å². The second kappa shape index (κ2) is 7.98. The number of hydrogen-bond acceptors (Lipinski definition) is 4. The number of benzene rings is 2. The van der Waals surface area contributed by atoms with Crippen molar-refractivity contribution in [3.63, 3.8) is 0 Å². The number of hydrogen-bond donors (Lipinski definition) is 2. The molecule has 0 aliphatic carbocycles. The van der Waals surface area contributed by atoms with Crippen molar-refractivity contribution in [3.8, 4) is 5.75 Å². The van der Waals surface area contributed by atoms with Gasteiger partial charge in [0.1, 0.15) is 16.5 Å². The lowest BCUT2D eigenvalue weighted by molar-refractivity contribution is -0.122. The zero-order valence-corrected chi connectivity index (χ0v) is 14.7. The summed E-state index contributed by atoms with van der Waals surface area (Å²) in [6, 6.07) is 9.93. The average Bonchev–Trinajstić information content (AvgIpc) is 2.55. The lowest BCUT2D eigenvalue weighted by Gasteiger charge is -2.11. The first-order valence-corrected chi connectivity index (χ1v) is 9.08. The Bertz CT molecular complexity index is 869. The highest BCUT2D eigenvalue weighted by molar-refractivity contribution is 7.92. The number of rotatable bonds is 7. The molecule has 0 bridgehead atoms. The van der Waals surface area contributed by atoms with Crippen LogP contribution < -0.4 is 14.8 Å². The van der Waals surface area contributed by atoms with Crippen molar-refractivity contribution < 1.29 is 22.3 Å². The van der Waals surface area contributed by atoms with Crippen LogP contribution in [0.15, 0.2) is 47.4 Å². The first-order chi connectivity index (χ1) is 11.8. The number of carbonyl (C=O) groups is 1. The summed E-state index contributed by atoms with van der Waals surface area (Å²) in [6.45, 7) is 3.77. The Morgan fingerprint density at radius 1 is 1.20 bits per heavy atom. The monoisotopic (exact) mass is 366 g/mol. The maximum absolute atomic E-state index is 13.8. The Hall–Kier alpha value is -2.61. The van der Waals surface area contributed by atoms with E-state index in [1.807, 2.05) is 0 Å². The smallest absolute Gasteiger partial charge is 0.264 e. The van der Waals surface area contributed by atoms with Gasteiger partial charge in [-0.3, -0.25) is 9.52 Å². The van der Waals surface area contributed by atoms with Crippen molar-refractivity contribution in [1.82, 2.24) is 5.32 Å². The van der Waals surface area contributed by atoms with Crippen molar-refractivity contribution in [2.24, 2.45) is 0 Å². The number of carbonyl (C=O) groups excluding carboxylic acids is 1. The van der Waals surface area contributed by atoms with E-state index in [0.29, 0.717) is 17.9 Å². The normalized spacial score (nSPS) is 11.0. The van der Waals surface area contributed by atoms with Crippen LogP contribution in [0.4, 0.5) is 10.1 Å². The fourth-order valence-corrected chi connectivity index (χ4v) is 3.29. The maximum atomic E-state index is 13.8. The highest BCUT2D eigenvalue weighted by Crippen LogP contribution is 2.23. The van der Waals surface area contributed by atoms with Crippen LogP contribution in [0.1, 0.15) is 12.5 Å². The molecule has 0 aliphatic rings. The predicted molar refractivity (Wildman–Crippen MR) is 92.6 cm³/mol. The minimum atomic E-state index is -4.08. The standard InChI is InChI=1S/C17H19FN2O4S/c1-3-19-17(21)11-24-14-6-4-5-13(10-14)20-25(22,23)16-9-12(2)7-8-15(16)18/h4-10,20H,3,11H2,1-2H3,(H,19,21). The summed E-state index contributed by atoms with van der Waals surface area (Å²) >= 11 is 0. The Morgan fingerprint density at radius 3 is 2.68 bits per heavy atom. The first-order valence-electron chi connectivity index (χ1n) is 7.60. The van der Waals surface area contributed by atoms with E-state index in [2.05, 4.69) is 10.0 Å². The van der Waals surface area contributed by atoms with Gasteiger partial charge in [-0.2, -0.15) is 0 Å². The Morgan fingerprint density at radius 2 is 1.96 bits per heavy atom. The summed E-state index contributed by atoms with van der Waals surface area (Å²) in [6.07, 6.45) is 0. The number of anilines is 1. The molecule has 2 N–H and O–H groups in total. The number of sulfonamides is 1. The number of amides is 1. The third kappa shape index (κ3) is 5.18. The molecular formula is C17H19FN2O4S. The van der Waals surface area contributed by atoms with E-state index >= 15 is 0 Å². The SMILES string of the molecule is CCNC(=O)COc1cccc(NS(=O)(=O)c2cc(C)ccc2F)c1. The summed E-state index contributed by atoms with van der Waals surface area (Å²) in [5.41, 5.74) is 0.829. The Balaban J connectivity index is 2.15. The summed E-state index contributed by atoms with van der Waals surface area (Å²) in [5, 5.41) is 2.58. The van der Waals surface area contributed by atoms with Gasteiger partial charge in [-0.15, -0.1) is 0 Å². The summed E-state index contributed by atoms with van der Waals surface area (Å²) < 4.78 is 46.2. The molecule has 8 heteroatoms. The van der Waals surface area contributed by atoms with Gasteiger partial charge in [0.25, 0.3) is 15.9 Å². The van der Waals surface area contributed by atoms with Gasteiger partial charge >= 0.3 is 0 Å². The first kappa shape index (κ1) is 18.7. The molecule has 2 aromatic carbocycles. The average molecular weight is 366 g/mol. The van der Waals surface area contributed by atoms with Gasteiger partial charge in [-0.05, 0) is 43.7 Å². The topological polar surface area (TPSA) is 84.5 Å². The van der Waals surface area contributed by atoms with Crippen molar-refractivity contribution in [2.75, 3.05) is 17.9 Å². The second-order valence-corrected chi connectivity index (χ2v) is 6.96. The van der Waals surface area contributed by atoms with Crippen LogP contribution >= 0.6 is 0 Å². The molecule has 2 aromatic rings. The minimum Gasteiger partial charge on any atom is -0.484 e. The van der Waals surface area contributed by atoms with E-state index in [9.17, 15) is 17.6 Å². The molecule has 1 amide bonds. The van der Waals surface area contributed by atoms with Gasteiger partial charge in [0.05, 0.1) is 5.69 Å². The molecule has 0 saturated heterocycles. The highest BCUT2D eigenvalue weighted by Gasteiger charge is 2.19. The molecule has 0 spiro atoms. The Kier molecular flexibility index (Phi) is 5.97. The van der Waals surface area contributed by atoms with E-state index in [0.717, 1.165) is 6.07 Å². The summed E-state index contributed by atoms with van der Waals surface area (Å²) in [4.78, 5) is 11.0. The van der Waals surface area contributed by atoms with E-state index in [4.69, 9.17) is 4.74 Å². The van der Waals surface area contributed by atoms with Crippen molar-refractivity contribution in [2.45, 2.75) is 18.7 Å². The van der Waals surface area contributed by atoms with E-state index in [1.165, 1.54) is 24.3 Å². The molecule has 25 heavy (non-hydrogen) atoms. The van der Waals surface area contributed by atoms with Gasteiger partial charge in [0, 0.05) is 12.6 Å². The molecule has 6 nitrogen and oxygen atoms in total. The van der Waals surface area contributed by atoms with E-state index in [1.54, 1.807) is 26.0 Å². The molecule has 0 atom stereocenters. The number of aryl methyl sites for hydroxylation is 1. The molecule has 0 heterocycles. The molecule has 0 aromatic heterocycles. The van der Waals surface area contributed by atoms with Gasteiger partial charge in [0.2, 0.25) is 0 Å². The van der Waals surface area contributed by atoms with Crippen molar-refractivity contribution in [3.05, 3.63) is 53.8 Å². The van der Waals surface area contributed by atoms with Crippen molar-refractivity contribution in [1.29, 1.82) is 0 Å². The van der Waals surface area contributed by atoms with Gasteiger partial charge in [-0.25, -0.2) is 12.8 Å². The number of likely N-dealkylation sites (N-methyl/N-ethyl adjacent to an activating group) is 1. The fraction of sp³-hybridized carbons (Fsp3) is 0.235. The third-order valence-electron chi connectivity index (χ3n) is 3.21.